The molecule has 3 rings (SSSR count). The third kappa shape index (κ3) is 2.72. The lowest BCUT2D eigenvalue weighted by molar-refractivity contribution is 0.104. The van der Waals surface area contributed by atoms with Crippen molar-refractivity contribution in [1.82, 2.24) is 4.98 Å². The van der Waals surface area contributed by atoms with Gasteiger partial charge in [-0.3, -0.25) is 4.79 Å². The van der Waals surface area contributed by atoms with Crippen LogP contribution in [0.15, 0.2) is 54.2 Å². The average Bonchev–Trinajstić information content (AvgIpc) is 2.97. The normalized spacial score (nSPS) is 11.4. The molecule has 1 aromatic heterocycles. The summed E-state index contributed by atoms with van der Waals surface area (Å²) >= 11 is 0. The molecule has 0 amide bonds. The van der Waals surface area contributed by atoms with Crippen molar-refractivity contribution in [3.63, 3.8) is 0 Å². The topological polar surface area (TPSA) is 76.9 Å². The number of allylic oxidation sites excluding steroid dienone is 1. The van der Waals surface area contributed by atoms with Crippen molar-refractivity contribution in [2.24, 2.45) is 0 Å². The summed E-state index contributed by atoms with van der Waals surface area (Å²) in [6.07, 6.45) is 3.12. The Morgan fingerprint density at radius 2 is 2.04 bits per heavy atom. The van der Waals surface area contributed by atoms with Crippen molar-refractivity contribution in [3.8, 4) is 11.8 Å². The molecule has 3 aromatic rings. The lowest BCUT2D eigenvalue weighted by Crippen LogP contribution is -2.01. The summed E-state index contributed by atoms with van der Waals surface area (Å²) in [7, 11) is 0. The van der Waals surface area contributed by atoms with Gasteiger partial charge >= 0.3 is 0 Å². The molecule has 0 aliphatic rings. The summed E-state index contributed by atoms with van der Waals surface area (Å²) in [5, 5.41) is 19.7. The number of fused-ring (bicyclic) bond motifs is 1. The van der Waals surface area contributed by atoms with Gasteiger partial charge in [0.25, 0.3) is 0 Å². The van der Waals surface area contributed by atoms with Crippen LogP contribution in [0.2, 0.25) is 0 Å². The molecule has 0 bridgehead atoms. The molecule has 0 saturated heterocycles. The lowest BCUT2D eigenvalue weighted by atomic mass is 9.99. The number of nitrogens with one attached hydrogen (secondary N) is 1. The number of phenols is 1. The number of carbonyl (C=O) groups excluding carboxylic acids is 1. The van der Waals surface area contributed by atoms with Crippen LogP contribution < -0.4 is 0 Å². The summed E-state index contributed by atoms with van der Waals surface area (Å²) in [6.45, 7) is 1.93. The molecule has 2 N–H and O–H groups in total. The molecule has 4 heteroatoms. The molecular formula is C19H14N2O2. The van der Waals surface area contributed by atoms with Gasteiger partial charge in [-0.1, -0.05) is 24.3 Å². The minimum absolute atomic E-state index is 0.0275. The Labute approximate surface area is 133 Å². The number of benzene rings is 2. The molecule has 0 spiro atoms. The van der Waals surface area contributed by atoms with Crippen LogP contribution in [-0.4, -0.2) is 15.9 Å². The van der Waals surface area contributed by atoms with Crippen LogP contribution in [0.3, 0.4) is 0 Å². The largest absolute Gasteiger partial charge is 0.508 e. The van der Waals surface area contributed by atoms with Crippen molar-refractivity contribution in [2.45, 2.75) is 6.92 Å². The van der Waals surface area contributed by atoms with E-state index in [4.69, 9.17) is 0 Å². The molecule has 0 aliphatic heterocycles. The lowest BCUT2D eigenvalue weighted by Gasteiger charge is -2.01. The van der Waals surface area contributed by atoms with E-state index in [2.05, 4.69) is 4.98 Å². The van der Waals surface area contributed by atoms with Gasteiger partial charge in [0, 0.05) is 22.7 Å². The van der Waals surface area contributed by atoms with Gasteiger partial charge in [0.1, 0.15) is 17.4 Å². The van der Waals surface area contributed by atoms with Crippen LogP contribution in [0, 0.1) is 18.3 Å². The Morgan fingerprint density at radius 1 is 1.26 bits per heavy atom. The maximum Gasteiger partial charge on any atom is 0.205 e. The predicted molar refractivity (Wildman–Crippen MR) is 89.1 cm³/mol. The number of phenolic OH excluding ortho intramolecular Hbond substituents is 1. The number of H-pyrrole nitrogens is 1. The van der Waals surface area contributed by atoms with Crippen LogP contribution >= 0.6 is 0 Å². The highest BCUT2D eigenvalue weighted by Gasteiger charge is 2.17. The molecule has 0 radical (unpaired) electrons. The molecule has 112 valence electrons. The monoisotopic (exact) mass is 302 g/mol. The maximum absolute atomic E-state index is 12.7. The fraction of sp³-hybridized carbons (Fsp3) is 0.0526. The van der Waals surface area contributed by atoms with Crippen LogP contribution in [0.1, 0.15) is 21.5 Å². The number of aromatic nitrogens is 1. The fourth-order valence-electron chi connectivity index (χ4n) is 2.62. The second-order valence-electron chi connectivity index (χ2n) is 5.29. The Morgan fingerprint density at radius 3 is 2.78 bits per heavy atom. The summed E-state index contributed by atoms with van der Waals surface area (Å²) < 4.78 is 0. The van der Waals surface area contributed by atoms with Gasteiger partial charge in [-0.25, -0.2) is 0 Å². The highest BCUT2D eigenvalue weighted by Crippen LogP contribution is 2.25. The first-order valence-electron chi connectivity index (χ1n) is 7.12. The fourth-order valence-corrected chi connectivity index (χ4v) is 2.62. The zero-order chi connectivity index (χ0) is 16.4. The summed E-state index contributed by atoms with van der Waals surface area (Å²) in [4.78, 5) is 15.8. The zero-order valence-corrected chi connectivity index (χ0v) is 12.5. The quantitative estimate of drug-likeness (QED) is 0.436. The predicted octanol–water partition coefficient (Wildman–Crippen LogP) is 3.97. The number of Topliss-reactive ketones (excluding diaryl/α,β-unsaturated/α-hetero) is 1. The van der Waals surface area contributed by atoms with Gasteiger partial charge in [-0.2, -0.15) is 5.26 Å². The molecule has 0 aliphatic carbocycles. The first-order chi connectivity index (χ1) is 11.1. The van der Waals surface area contributed by atoms with Crippen molar-refractivity contribution in [3.05, 3.63) is 70.9 Å². The van der Waals surface area contributed by atoms with Crippen LogP contribution in [0.5, 0.6) is 5.75 Å². The first-order valence-corrected chi connectivity index (χ1v) is 7.12. The highest BCUT2D eigenvalue weighted by atomic mass is 16.3. The molecule has 2 aromatic carbocycles. The van der Waals surface area contributed by atoms with Gasteiger partial charge in [0.2, 0.25) is 5.78 Å². The van der Waals surface area contributed by atoms with Gasteiger partial charge < -0.3 is 10.1 Å². The standard InChI is InChI=1S/C19H14N2O2/c1-12-4-2-7-17-18(12)16(11-21-17)19(23)14(10-20)8-13-5-3-6-15(22)9-13/h2-9,11,21-22H,1H3. The Hall–Kier alpha value is -3.32. The van der Waals surface area contributed by atoms with Gasteiger partial charge in [0.05, 0.1) is 0 Å². The second kappa shape index (κ2) is 5.82. The van der Waals surface area contributed by atoms with E-state index in [0.29, 0.717) is 11.1 Å². The summed E-state index contributed by atoms with van der Waals surface area (Å²) in [5.41, 5.74) is 2.95. The van der Waals surface area contributed by atoms with Gasteiger partial charge in [-0.05, 0) is 42.3 Å². The van der Waals surface area contributed by atoms with Crippen molar-refractivity contribution >= 4 is 22.8 Å². The number of aromatic amines is 1. The molecule has 4 nitrogen and oxygen atoms in total. The number of aryl methyl sites for hydroxylation is 1. The number of ketones is 1. The van der Waals surface area contributed by atoms with Crippen LogP contribution in [0.4, 0.5) is 0 Å². The minimum Gasteiger partial charge on any atom is -0.508 e. The highest BCUT2D eigenvalue weighted by molar-refractivity contribution is 6.20. The van der Waals surface area contributed by atoms with E-state index in [-0.39, 0.29) is 17.1 Å². The summed E-state index contributed by atoms with van der Waals surface area (Å²) in [5.74, 6) is -0.247. The minimum atomic E-state index is -0.337. The van der Waals surface area contributed by atoms with E-state index in [9.17, 15) is 15.2 Å². The van der Waals surface area contributed by atoms with Crippen molar-refractivity contribution in [2.75, 3.05) is 0 Å². The molecular weight excluding hydrogens is 288 g/mol. The number of carbonyl (C=O) groups is 1. The molecule has 0 fully saturated rings. The van der Waals surface area contributed by atoms with Crippen molar-refractivity contribution in [1.29, 1.82) is 5.26 Å². The first kappa shape index (κ1) is 14.6. The smallest absolute Gasteiger partial charge is 0.205 e. The van der Waals surface area contributed by atoms with Crippen molar-refractivity contribution < 1.29 is 9.90 Å². The second-order valence-corrected chi connectivity index (χ2v) is 5.29. The number of hydrogen-bond acceptors (Lipinski definition) is 3. The van der Waals surface area contributed by atoms with E-state index in [0.717, 1.165) is 16.5 Å². The SMILES string of the molecule is Cc1cccc2[nH]cc(C(=O)C(C#N)=Cc3cccc(O)c3)c12. The third-order valence-corrected chi connectivity index (χ3v) is 3.71. The number of rotatable bonds is 3. The number of hydrogen-bond donors (Lipinski definition) is 2. The van der Waals surface area contributed by atoms with Crippen LogP contribution in [0.25, 0.3) is 17.0 Å². The molecule has 23 heavy (non-hydrogen) atoms. The maximum atomic E-state index is 12.7. The Bertz CT molecular complexity index is 974. The van der Waals surface area contributed by atoms with Crippen LogP contribution in [-0.2, 0) is 0 Å². The average molecular weight is 302 g/mol. The van der Waals surface area contributed by atoms with E-state index >= 15 is 0 Å². The molecule has 0 saturated carbocycles. The summed E-state index contributed by atoms with van der Waals surface area (Å²) in [6, 6.07) is 14.1. The van der Waals surface area contributed by atoms with E-state index < -0.39 is 0 Å². The Balaban J connectivity index is 2.08. The van der Waals surface area contributed by atoms with Gasteiger partial charge in [0.15, 0.2) is 0 Å². The van der Waals surface area contributed by atoms with E-state index in [1.807, 2.05) is 31.2 Å². The molecule has 0 atom stereocenters. The van der Waals surface area contributed by atoms with E-state index in [1.165, 1.54) is 18.2 Å². The van der Waals surface area contributed by atoms with E-state index in [1.54, 1.807) is 18.3 Å². The van der Waals surface area contributed by atoms with Gasteiger partial charge in [-0.15, -0.1) is 0 Å². The number of aromatic hydroxyl groups is 1. The number of nitriles is 1. The molecule has 1 heterocycles. The zero-order valence-electron chi connectivity index (χ0n) is 12.5. The third-order valence-electron chi connectivity index (χ3n) is 3.71. The number of nitrogens with zero attached hydrogens (tertiary/aromatic N) is 1. The molecule has 0 unspecified atom stereocenters. The Kier molecular flexibility index (Phi) is 3.70.